The molecule has 2 rings (SSSR count). The molecule has 1 heterocycles. The monoisotopic (exact) mass is 274 g/mol. The van der Waals surface area contributed by atoms with Gasteiger partial charge in [0.2, 0.25) is 0 Å². The summed E-state index contributed by atoms with van der Waals surface area (Å²) < 4.78 is 0. The van der Waals surface area contributed by atoms with Crippen molar-refractivity contribution in [3.8, 4) is 0 Å². The molecule has 1 N–H and O–H groups in total. The third kappa shape index (κ3) is 5.26. The molecule has 1 aromatic carbocycles. The van der Waals surface area contributed by atoms with Crippen LogP contribution in [0.5, 0.6) is 0 Å². The number of nitrogens with one attached hydrogen (secondary N) is 1. The topological polar surface area (TPSA) is 15.3 Å². The third-order valence-electron chi connectivity index (χ3n) is 4.27. The smallest absolute Gasteiger partial charge is 0.0233 e. The Morgan fingerprint density at radius 2 is 1.70 bits per heavy atom. The van der Waals surface area contributed by atoms with E-state index in [0.717, 1.165) is 25.4 Å². The van der Waals surface area contributed by atoms with E-state index in [2.05, 4.69) is 55.3 Å². The van der Waals surface area contributed by atoms with E-state index in [9.17, 15) is 0 Å². The first-order valence-electron chi connectivity index (χ1n) is 8.17. The highest BCUT2D eigenvalue weighted by molar-refractivity contribution is 5.22. The molecule has 1 saturated heterocycles. The van der Waals surface area contributed by atoms with Crippen molar-refractivity contribution < 1.29 is 0 Å². The molecular weight excluding hydrogens is 244 g/mol. The highest BCUT2D eigenvalue weighted by atomic mass is 15.1. The SMILES string of the molecule is CC1CCN(Cc2ccc(CCNC(C)C)cc2)CC1. The van der Waals surface area contributed by atoms with Gasteiger partial charge >= 0.3 is 0 Å². The molecule has 1 fully saturated rings. The van der Waals surface area contributed by atoms with Gasteiger partial charge in [0.1, 0.15) is 0 Å². The first kappa shape index (κ1) is 15.5. The molecule has 0 radical (unpaired) electrons. The average molecular weight is 274 g/mol. The molecule has 1 aromatic rings. The Morgan fingerprint density at radius 3 is 2.30 bits per heavy atom. The Bertz CT molecular complexity index is 375. The van der Waals surface area contributed by atoms with E-state index < -0.39 is 0 Å². The fourth-order valence-electron chi connectivity index (χ4n) is 2.79. The molecule has 0 aliphatic carbocycles. The van der Waals surface area contributed by atoms with Gasteiger partial charge in [0.15, 0.2) is 0 Å². The van der Waals surface area contributed by atoms with Crippen molar-refractivity contribution in [1.82, 2.24) is 10.2 Å². The first-order valence-corrected chi connectivity index (χ1v) is 8.17. The second kappa shape index (κ2) is 7.80. The van der Waals surface area contributed by atoms with Crippen LogP contribution in [0, 0.1) is 5.92 Å². The number of rotatable bonds is 6. The zero-order chi connectivity index (χ0) is 14.4. The summed E-state index contributed by atoms with van der Waals surface area (Å²) >= 11 is 0. The number of likely N-dealkylation sites (tertiary alicyclic amines) is 1. The van der Waals surface area contributed by atoms with E-state index in [1.54, 1.807) is 0 Å². The van der Waals surface area contributed by atoms with Crippen LogP contribution in [0.2, 0.25) is 0 Å². The highest BCUT2D eigenvalue weighted by Gasteiger charge is 2.15. The molecule has 1 aliphatic rings. The van der Waals surface area contributed by atoms with E-state index in [1.165, 1.54) is 37.1 Å². The highest BCUT2D eigenvalue weighted by Crippen LogP contribution is 2.18. The van der Waals surface area contributed by atoms with Gasteiger partial charge in [-0.15, -0.1) is 0 Å². The maximum Gasteiger partial charge on any atom is 0.0233 e. The molecule has 0 amide bonds. The molecule has 2 nitrogen and oxygen atoms in total. The number of benzene rings is 1. The lowest BCUT2D eigenvalue weighted by Gasteiger charge is -2.30. The van der Waals surface area contributed by atoms with Gasteiger partial charge in [0, 0.05) is 12.6 Å². The van der Waals surface area contributed by atoms with Crippen molar-refractivity contribution in [3.63, 3.8) is 0 Å². The molecule has 0 bridgehead atoms. The van der Waals surface area contributed by atoms with Crippen molar-refractivity contribution in [1.29, 1.82) is 0 Å². The van der Waals surface area contributed by atoms with E-state index in [0.29, 0.717) is 6.04 Å². The largest absolute Gasteiger partial charge is 0.314 e. The summed E-state index contributed by atoms with van der Waals surface area (Å²) in [6.45, 7) is 11.5. The first-order chi connectivity index (χ1) is 9.63. The number of nitrogens with zero attached hydrogens (tertiary/aromatic N) is 1. The summed E-state index contributed by atoms with van der Waals surface area (Å²) in [4.78, 5) is 2.59. The van der Waals surface area contributed by atoms with Crippen LogP contribution in [0.4, 0.5) is 0 Å². The maximum absolute atomic E-state index is 3.47. The molecule has 20 heavy (non-hydrogen) atoms. The predicted molar refractivity (Wildman–Crippen MR) is 87.0 cm³/mol. The van der Waals surface area contributed by atoms with Crippen molar-refractivity contribution in [2.75, 3.05) is 19.6 Å². The van der Waals surface area contributed by atoms with E-state index in [4.69, 9.17) is 0 Å². The van der Waals surface area contributed by atoms with Crippen LogP contribution in [0.1, 0.15) is 44.7 Å². The third-order valence-corrected chi connectivity index (χ3v) is 4.27. The summed E-state index contributed by atoms with van der Waals surface area (Å²) in [5.41, 5.74) is 2.90. The second-order valence-electron chi connectivity index (χ2n) is 6.63. The van der Waals surface area contributed by atoms with Gasteiger partial charge in [-0.1, -0.05) is 45.0 Å². The minimum absolute atomic E-state index is 0.579. The van der Waals surface area contributed by atoms with Crippen LogP contribution in [0.3, 0.4) is 0 Å². The van der Waals surface area contributed by atoms with Gasteiger partial charge < -0.3 is 5.32 Å². The number of hydrogen-bond acceptors (Lipinski definition) is 2. The fraction of sp³-hybridized carbons (Fsp3) is 0.667. The molecule has 0 aromatic heterocycles. The Morgan fingerprint density at radius 1 is 1.10 bits per heavy atom. The van der Waals surface area contributed by atoms with Gasteiger partial charge in [-0.05, 0) is 55.9 Å². The van der Waals surface area contributed by atoms with E-state index in [1.807, 2.05) is 0 Å². The fourth-order valence-corrected chi connectivity index (χ4v) is 2.79. The van der Waals surface area contributed by atoms with Gasteiger partial charge in [-0.3, -0.25) is 4.90 Å². The predicted octanol–water partition coefficient (Wildman–Crippen LogP) is 3.46. The van der Waals surface area contributed by atoms with Gasteiger partial charge in [0.25, 0.3) is 0 Å². The molecule has 0 unspecified atom stereocenters. The lowest BCUT2D eigenvalue weighted by molar-refractivity contribution is 0.185. The summed E-state index contributed by atoms with van der Waals surface area (Å²) in [5, 5.41) is 3.47. The molecule has 112 valence electrons. The van der Waals surface area contributed by atoms with Crippen LogP contribution < -0.4 is 5.32 Å². The Labute approximate surface area is 124 Å². The van der Waals surface area contributed by atoms with Gasteiger partial charge in [0.05, 0.1) is 0 Å². The zero-order valence-corrected chi connectivity index (χ0v) is 13.4. The van der Waals surface area contributed by atoms with Gasteiger partial charge in [-0.2, -0.15) is 0 Å². The minimum atomic E-state index is 0.579. The van der Waals surface area contributed by atoms with Crippen LogP contribution in [0.25, 0.3) is 0 Å². The molecule has 0 atom stereocenters. The molecule has 0 saturated carbocycles. The Kier molecular flexibility index (Phi) is 6.06. The van der Waals surface area contributed by atoms with Gasteiger partial charge in [-0.25, -0.2) is 0 Å². The Balaban J connectivity index is 1.76. The zero-order valence-electron chi connectivity index (χ0n) is 13.4. The van der Waals surface area contributed by atoms with Crippen LogP contribution >= 0.6 is 0 Å². The summed E-state index contributed by atoms with van der Waals surface area (Å²) in [6, 6.07) is 9.79. The van der Waals surface area contributed by atoms with Crippen LogP contribution in [0.15, 0.2) is 24.3 Å². The number of hydrogen-bond donors (Lipinski definition) is 1. The molecule has 1 aliphatic heterocycles. The lowest BCUT2D eigenvalue weighted by atomic mass is 9.98. The lowest BCUT2D eigenvalue weighted by Crippen LogP contribution is -2.32. The summed E-state index contributed by atoms with van der Waals surface area (Å²) in [6.07, 6.45) is 3.84. The standard InChI is InChI=1S/C18H30N2/c1-15(2)19-11-8-17-4-6-18(7-5-17)14-20-12-9-16(3)10-13-20/h4-7,15-16,19H,8-14H2,1-3H3. The van der Waals surface area contributed by atoms with E-state index in [-0.39, 0.29) is 0 Å². The number of piperidine rings is 1. The second-order valence-corrected chi connectivity index (χ2v) is 6.63. The van der Waals surface area contributed by atoms with E-state index >= 15 is 0 Å². The normalized spacial score (nSPS) is 17.8. The quantitative estimate of drug-likeness (QED) is 0.854. The minimum Gasteiger partial charge on any atom is -0.314 e. The van der Waals surface area contributed by atoms with Crippen LogP contribution in [-0.4, -0.2) is 30.6 Å². The van der Waals surface area contributed by atoms with Crippen LogP contribution in [-0.2, 0) is 13.0 Å². The molecule has 0 spiro atoms. The summed E-state index contributed by atoms with van der Waals surface area (Å²) in [7, 11) is 0. The molecule has 2 heteroatoms. The summed E-state index contributed by atoms with van der Waals surface area (Å²) in [5.74, 6) is 0.919. The average Bonchev–Trinajstić information content (AvgIpc) is 2.43. The Hall–Kier alpha value is -0.860. The maximum atomic E-state index is 3.47. The van der Waals surface area contributed by atoms with Crippen molar-refractivity contribution in [2.24, 2.45) is 5.92 Å². The molecular formula is C18H30N2. The van der Waals surface area contributed by atoms with Crippen molar-refractivity contribution >= 4 is 0 Å². The van der Waals surface area contributed by atoms with Crippen molar-refractivity contribution in [3.05, 3.63) is 35.4 Å². The van der Waals surface area contributed by atoms with Crippen molar-refractivity contribution in [2.45, 2.75) is 52.6 Å².